The quantitative estimate of drug-likeness (QED) is 0.442. The van der Waals surface area contributed by atoms with Gasteiger partial charge < -0.3 is 0 Å². The fraction of sp³-hybridized carbons (Fsp3) is 1.00. The first kappa shape index (κ1) is 17.7. The zero-order chi connectivity index (χ0) is 15.2. The molecule has 0 atom stereocenters. The third-order valence-corrected chi connectivity index (χ3v) is 5.02. The van der Waals surface area contributed by atoms with Gasteiger partial charge in [0.25, 0.3) is 20.2 Å². The molecule has 1 saturated heterocycles. The monoisotopic (exact) mass is 332 g/mol. The Hall–Kier alpha value is -0.340. The predicted octanol–water partition coefficient (Wildman–Crippen LogP) is -2.96. The van der Waals surface area contributed by atoms with Crippen LogP contribution in [-0.2, 0) is 28.8 Å². The van der Waals surface area contributed by atoms with E-state index in [1.807, 2.05) is 9.80 Å². The molecule has 120 valence electrons. The summed E-state index contributed by atoms with van der Waals surface area (Å²) in [6.07, 6.45) is 0. The largest absolute Gasteiger partial charge is 0.300 e. The van der Waals surface area contributed by atoms with Crippen molar-refractivity contribution in [1.82, 2.24) is 9.80 Å². The molecule has 0 spiro atoms. The van der Waals surface area contributed by atoms with E-state index in [0.717, 1.165) is 0 Å². The Morgan fingerprint density at radius 1 is 0.750 bits per heavy atom. The molecule has 10 nitrogen and oxygen atoms in total. The topological polar surface area (TPSA) is 145 Å². The Balaban J connectivity index is 2.27. The normalized spacial score (nSPS) is 19.3. The molecule has 0 unspecified atom stereocenters. The smallest absolute Gasteiger partial charge is 0.284 e. The van der Waals surface area contributed by atoms with Crippen LogP contribution in [0.1, 0.15) is 0 Å². The first-order valence-corrected chi connectivity index (χ1v) is 9.10. The third kappa shape index (κ3) is 6.41. The van der Waals surface area contributed by atoms with Gasteiger partial charge in [-0.05, 0) is 0 Å². The van der Waals surface area contributed by atoms with Gasteiger partial charge in [-0.15, -0.1) is 0 Å². The fourth-order valence-corrected chi connectivity index (χ4v) is 2.97. The van der Waals surface area contributed by atoms with E-state index in [1.165, 1.54) is 0 Å². The van der Waals surface area contributed by atoms with Gasteiger partial charge in [-0.1, -0.05) is 0 Å². The molecule has 0 aromatic carbocycles. The first-order chi connectivity index (χ1) is 9.28. The molecule has 0 saturated carbocycles. The maximum atomic E-state index is 11.1. The van der Waals surface area contributed by atoms with Gasteiger partial charge in [-0.2, -0.15) is 37.2 Å². The molecule has 0 aromatic rings. The van der Waals surface area contributed by atoms with Crippen LogP contribution >= 0.6 is 0 Å². The van der Waals surface area contributed by atoms with Crippen LogP contribution < -0.4 is 11.8 Å². The molecular formula is C8H20N4O6S2. The number of nitrogens with two attached hydrogens (primary N) is 2. The van der Waals surface area contributed by atoms with Crippen molar-refractivity contribution in [1.29, 1.82) is 0 Å². The van der Waals surface area contributed by atoms with Crippen molar-refractivity contribution in [3.05, 3.63) is 0 Å². The molecule has 12 heteroatoms. The lowest BCUT2D eigenvalue weighted by Crippen LogP contribution is -2.48. The molecule has 1 rings (SSSR count). The summed E-state index contributed by atoms with van der Waals surface area (Å²) >= 11 is 0. The zero-order valence-electron chi connectivity index (χ0n) is 11.0. The highest BCUT2D eigenvalue weighted by Crippen LogP contribution is 2.03. The van der Waals surface area contributed by atoms with Crippen LogP contribution in [0.2, 0.25) is 0 Å². The summed E-state index contributed by atoms with van der Waals surface area (Å²) in [6, 6.07) is 0. The summed E-state index contributed by atoms with van der Waals surface area (Å²) in [5.74, 6) is 8.95. The maximum Gasteiger partial charge on any atom is 0.284 e. The summed E-state index contributed by atoms with van der Waals surface area (Å²) < 4.78 is 52.1. The van der Waals surface area contributed by atoms with Crippen molar-refractivity contribution in [3.63, 3.8) is 0 Å². The van der Waals surface area contributed by atoms with Gasteiger partial charge in [0, 0.05) is 39.3 Å². The van der Waals surface area contributed by atoms with E-state index in [2.05, 4.69) is 20.4 Å². The minimum absolute atomic E-state index is 0.168. The minimum atomic E-state index is -3.65. The van der Waals surface area contributed by atoms with Crippen LogP contribution in [0.3, 0.4) is 0 Å². The Labute approximate surface area is 118 Å². The summed E-state index contributed by atoms with van der Waals surface area (Å²) in [5, 5.41) is 0. The SMILES string of the molecule is NOS(=O)(=O)CCN1CCN(CCS(=O)(=O)ON)CC1. The lowest BCUT2D eigenvalue weighted by atomic mass is 10.3. The van der Waals surface area contributed by atoms with Gasteiger partial charge in [0.05, 0.1) is 11.5 Å². The van der Waals surface area contributed by atoms with Crippen LogP contribution in [0.15, 0.2) is 0 Å². The summed E-state index contributed by atoms with van der Waals surface area (Å²) in [6.45, 7) is 3.23. The van der Waals surface area contributed by atoms with Crippen LogP contribution in [-0.4, -0.2) is 77.4 Å². The third-order valence-electron chi connectivity index (χ3n) is 3.07. The van der Waals surface area contributed by atoms with E-state index < -0.39 is 20.2 Å². The molecular weight excluding hydrogens is 312 g/mol. The average molecular weight is 332 g/mol. The average Bonchev–Trinajstić information content (AvgIpc) is 2.44. The number of nitrogens with zero attached hydrogens (tertiary/aromatic N) is 2. The van der Waals surface area contributed by atoms with Gasteiger partial charge in [0.2, 0.25) is 0 Å². The number of hydrogen-bond acceptors (Lipinski definition) is 10. The van der Waals surface area contributed by atoms with Crippen molar-refractivity contribution in [2.24, 2.45) is 11.8 Å². The molecule has 1 aliphatic rings. The maximum absolute atomic E-state index is 11.1. The second-order valence-electron chi connectivity index (χ2n) is 4.40. The van der Waals surface area contributed by atoms with E-state index >= 15 is 0 Å². The van der Waals surface area contributed by atoms with Crippen LogP contribution in [0.4, 0.5) is 0 Å². The van der Waals surface area contributed by atoms with E-state index in [-0.39, 0.29) is 11.5 Å². The van der Waals surface area contributed by atoms with Gasteiger partial charge >= 0.3 is 0 Å². The van der Waals surface area contributed by atoms with Crippen molar-refractivity contribution in [3.8, 4) is 0 Å². The molecule has 20 heavy (non-hydrogen) atoms. The molecule has 1 aliphatic heterocycles. The summed E-state index contributed by atoms with van der Waals surface area (Å²) in [7, 11) is -7.31. The van der Waals surface area contributed by atoms with Crippen molar-refractivity contribution in [2.45, 2.75) is 0 Å². The zero-order valence-corrected chi connectivity index (χ0v) is 12.6. The van der Waals surface area contributed by atoms with Gasteiger partial charge in [-0.25, -0.2) is 0 Å². The molecule has 1 fully saturated rings. The number of piperazine rings is 1. The highest BCUT2D eigenvalue weighted by molar-refractivity contribution is 7.86. The lowest BCUT2D eigenvalue weighted by Gasteiger charge is -2.34. The standard InChI is InChI=1S/C8H20N4O6S2/c9-17-19(13,14)7-5-11-1-2-12(4-3-11)6-8-20(15,16)18-10/h1-10H2. The fourth-order valence-electron chi connectivity index (χ4n) is 1.81. The van der Waals surface area contributed by atoms with E-state index in [9.17, 15) is 16.8 Å². The van der Waals surface area contributed by atoms with Crippen molar-refractivity contribution in [2.75, 3.05) is 50.8 Å². The van der Waals surface area contributed by atoms with E-state index in [0.29, 0.717) is 39.3 Å². The predicted molar refractivity (Wildman–Crippen MR) is 71.0 cm³/mol. The second kappa shape index (κ2) is 7.61. The molecule has 0 amide bonds. The van der Waals surface area contributed by atoms with E-state index in [1.54, 1.807) is 0 Å². The Kier molecular flexibility index (Phi) is 6.74. The second-order valence-corrected chi connectivity index (χ2v) is 7.83. The lowest BCUT2D eigenvalue weighted by molar-refractivity contribution is 0.142. The van der Waals surface area contributed by atoms with Crippen LogP contribution in [0, 0.1) is 0 Å². The summed E-state index contributed by atoms with van der Waals surface area (Å²) in [5.41, 5.74) is 0. The van der Waals surface area contributed by atoms with Crippen LogP contribution in [0.5, 0.6) is 0 Å². The van der Waals surface area contributed by atoms with Crippen molar-refractivity contribution < 1.29 is 25.4 Å². The first-order valence-electron chi connectivity index (χ1n) is 5.95. The molecule has 0 radical (unpaired) electrons. The minimum Gasteiger partial charge on any atom is -0.300 e. The van der Waals surface area contributed by atoms with Crippen LogP contribution in [0.25, 0.3) is 0 Å². The number of hydrogen-bond donors (Lipinski definition) is 2. The van der Waals surface area contributed by atoms with Gasteiger partial charge in [0.15, 0.2) is 0 Å². The highest BCUT2D eigenvalue weighted by Gasteiger charge is 2.21. The summed E-state index contributed by atoms with van der Waals surface area (Å²) in [4.78, 5) is 3.89. The molecule has 0 aliphatic carbocycles. The number of rotatable bonds is 8. The Bertz CT molecular complexity index is 439. The molecule has 4 N–H and O–H groups in total. The molecule has 1 heterocycles. The molecule has 0 aromatic heterocycles. The van der Waals surface area contributed by atoms with Crippen molar-refractivity contribution >= 4 is 20.2 Å². The Morgan fingerprint density at radius 2 is 1.05 bits per heavy atom. The van der Waals surface area contributed by atoms with E-state index in [4.69, 9.17) is 0 Å². The highest BCUT2D eigenvalue weighted by atomic mass is 32.2. The Morgan fingerprint density at radius 3 is 1.30 bits per heavy atom. The van der Waals surface area contributed by atoms with Gasteiger partial charge in [0.1, 0.15) is 0 Å². The molecule has 0 bridgehead atoms. The van der Waals surface area contributed by atoms with Gasteiger partial charge in [-0.3, -0.25) is 9.80 Å².